The molecule has 1 aromatic rings. The van der Waals surface area contributed by atoms with E-state index < -0.39 is 5.41 Å². The second-order valence-electron chi connectivity index (χ2n) is 3.55. The lowest BCUT2D eigenvalue weighted by atomic mass is 9.78. The second-order valence-corrected chi connectivity index (χ2v) is 3.55. The van der Waals surface area contributed by atoms with Crippen LogP contribution in [0.2, 0.25) is 0 Å². The van der Waals surface area contributed by atoms with Gasteiger partial charge in [0.1, 0.15) is 5.78 Å². The van der Waals surface area contributed by atoms with Crippen molar-refractivity contribution in [1.82, 2.24) is 0 Å². The maximum atomic E-state index is 11.8. The summed E-state index contributed by atoms with van der Waals surface area (Å²) in [5, 5.41) is 0. The van der Waals surface area contributed by atoms with Crippen molar-refractivity contribution in [1.29, 1.82) is 0 Å². The van der Waals surface area contributed by atoms with Crippen molar-refractivity contribution in [3.8, 4) is 0 Å². The molecule has 0 fully saturated rings. The molecule has 1 rings (SSSR count). The van der Waals surface area contributed by atoms with Crippen molar-refractivity contribution in [3.05, 3.63) is 48.6 Å². The van der Waals surface area contributed by atoms with Gasteiger partial charge in [0.2, 0.25) is 0 Å². The zero-order valence-electron chi connectivity index (χ0n) is 8.79. The van der Waals surface area contributed by atoms with E-state index in [2.05, 4.69) is 6.58 Å². The molecular formula is C13H16O. The standard InChI is InChI=1S/C13H16O/c1-4-12(14)13(3,5-2)11-9-7-6-8-10-11/h5-10H,2,4H2,1,3H3. The fourth-order valence-electron chi connectivity index (χ4n) is 1.54. The third kappa shape index (κ3) is 1.77. The number of hydrogen-bond donors (Lipinski definition) is 0. The summed E-state index contributed by atoms with van der Waals surface area (Å²) < 4.78 is 0. The summed E-state index contributed by atoms with van der Waals surface area (Å²) in [5.74, 6) is 0.207. The van der Waals surface area contributed by atoms with Gasteiger partial charge in [-0.15, -0.1) is 6.58 Å². The van der Waals surface area contributed by atoms with Gasteiger partial charge >= 0.3 is 0 Å². The average molecular weight is 188 g/mol. The van der Waals surface area contributed by atoms with Gasteiger partial charge in [-0.25, -0.2) is 0 Å². The van der Waals surface area contributed by atoms with Crippen LogP contribution in [0.3, 0.4) is 0 Å². The fraction of sp³-hybridized carbons (Fsp3) is 0.308. The number of Topliss-reactive ketones (excluding diaryl/α,β-unsaturated/α-hetero) is 1. The lowest BCUT2D eigenvalue weighted by Gasteiger charge is -2.24. The van der Waals surface area contributed by atoms with Crippen LogP contribution >= 0.6 is 0 Å². The minimum atomic E-state index is -0.532. The van der Waals surface area contributed by atoms with E-state index in [4.69, 9.17) is 0 Å². The molecule has 0 N–H and O–H groups in total. The van der Waals surface area contributed by atoms with Gasteiger partial charge in [-0.3, -0.25) is 4.79 Å². The summed E-state index contributed by atoms with van der Waals surface area (Å²) in [7, 11) is 0. The zero-order valence-corrected chi connectivity index (χ0v) is 8.79. The molecule has 0 saturated heterocycles. The maximum absolute atomic E-state index is 11.8. The van der Waals surface area contributed by atoms with Crippen molar-refractivity contribution in [2.75, 3.05) is 0 Å². The Kier molecular flexibility index (Phi) is 3.23. The van der Waals surface area contributed by atoms with Crippen LogP contribution in [-0.4, -0.2) is 5.78 Å². The molecule has 1 aromatic carbocycles. The number of ketones is 1. The maximum Gasteiger partial charge on any atom is 0.146 e. The first-order valence-corrected chi connectivity index (χ1v) is 4.87. The Morgan fingerprint density at radius 1 is 1.43 bits per heavy atom. The van der Waals surface area contributed by atoms with Crippen LogP contribution in [0.4, 0.5) is 0 Å². The summed E-state index contributed by atoms with van der Waals surface area (Å²) in [6, 6.07) is 9.77. The molecule has 1 atom stereocenters. The Hall–Kier alpha value is -1.37. The van der Waals surface area contributed by atoms with Crippen molar-refractivity contribution >= 4 is 5.78 Å². The van der Waals surface area contributed by atoms with Crippen LogP contribution in [0.1, 0.15) is 25.8 Å². The van der Waals surface area contributed by atoms with Gasteiger partial charge in [-0.2, -0.15) is 0 Å². The average Bonchev–Trinajstić information content (AvgIpc) is 2.28. The topological polar surface area (TPSA) is 17.1 Å². The molecule has 0 radical (unpaired) electrons. The molecular weight excluding hydrogens is 172 g/mol. The summed E-state index contributed by atoms with van der Waals surface area (Å²) in [5.41, 5.74) is 0.484. The quantitative estimate of drug-likeness (QED) is 0.663. The van der Waals surface area contributed by atoms with Crippen LogP contribution in [0.5, 0.6) is 0 Å². The molecule has 1 unspecified atom stereocenters. The minimum Gasteiger partial charge on any atom is -0.298 e. The highest BCUT2D eigenvalue weighted by Gasteiger charge is 2.29. The number of carbonyl (C=O) groups is 1. The molecule has 0 bridgehead atoms. The molecule has 0 aliphatic carbocycles. The SMILES string of the molecule is C=CC(C)(C(=O)CC)c1ccccc1. The number of carbonyl (C=O) groups excluding carboxylic acids is 1. The van der Waals surface area contributed by atoms with Crippen LogP contribution in [0.25, 0.3) is 0 Å². The monoisotopic (exact) mass is 188 g/mol. The Bertz CT molecular complexity index is 326. The lowest BCUT2D eigenvalue weighted by Crippen LogP contribution is -2.29. The van der Waals surface area contributed by atoms with Crippen molar-refractivity contribution < 1.29 is 4.79 Å². The molecule has 0 aromatic heterocycles. The van der Waals surface area contributed by atoms with Gasteiger partial charge in [-0.1, -0.05) is 43.3 Å². The highest BCUT2D eigenvalue weighted by molar-refractivity contribution is 5.91. The molecule has 74 valence electrons. The Morgan fingerprint density at radius 2 is 2.00 bits per heavy atom. The number of rotatable bonds is 4. The number of allylic oxidation sites excluding steroid dienone is 1. The van der Waals surface area contributed by atoms with E-state index in [1.807, 2.05) is 44.2 Å². The molecule has 0 aliphatic rings. The van der Waals surface area contributed by atoms with Gasteiger partial charge in [0, 0.05) is 6.42 Å². The molecule has 1 nitrogen and oxygen atoms in total. The predicted molar refractivity (Wildman–Crippen MR) is 59.3 cm³/mol. The number of benzene rings is 1. The van der Waals surface area contributed by atoms with E-state index in [-0.39, 0.29) is 5.78 Å². The molecule has 0 heterocycles. The molecule has 0 spiro atoms. The highest BCUT2D eigenvalue weighted by Crippen LogP contribution is 2.26. The van der Waals surface area contributed by atoms with E-state index in [1.165, 1.54) is 0 Å². The summed E-state index contributed by atoms with van der Waals surface area (Å²) in [6.07, 6.45) is 2.27. The molecule has 0 amide bonds. The first-order chi connectivity index (χ1) is 6.65. The van der Waals surface area contributed by atoms with Crippen molar-refractivity contribution in [2.24, 2.45) is 0 Å². The van der Waals surface area contributed by atoms with Crippen molar-refractivity contribution in [3.63, 3.8) is 0 Å². The molecule has 0 aliphatic heterocycles. The lowest BCUT2D eigenvalue weighted by molar-refractivity contribution is -0.122. The van der Waals surface area contributed by atoms with E-state index >= 15 is 0 Å². The van der Waals surface area contributed by atoms with Gasteiger partial charge in [0.15, 0.2) is 0 Å². The Morgan fingerprint density at radius 3 is 2.43 bits per heavy atom. The molecule has 0 saturated carbocycles. The van der Waals surface area contributed by atoms with Gasteiger partial charge in [0.05, 0.1) is 5.41 Å². The third-order valence-corrected chi connectivity index (χ3v) is 2.68. The van der Waals surface area contributed by atoms with E-state index in [0.717, 1.165) is 5.56 Å². The highest BCUT2D eigenvalue weighted by atomic mass is 16.1. The van der Waals surface area contributed by atoms with Crippen LogP contribution in [0, 0.1) is 0 Å². The predicted octanol–water partition coefficient (Wildman–Crippen LogP) is 3.11. The van der Waals surface area contributed by atoms with E-state index in [9.17, 15) is 4.79 Å². The molecule has 1 heteroatoms. The Balaban J connectivity index is 3.14. The summed E-state index contributed by atoms with van der Waals surface area (Å²) >= 11 is 0. The third-order valence-electron chi connectivity index (χ3n) is 2.68. The van der Waals surface area contributed by atoms with E-state index in [0.29, 0.717) is 6.42 Å². The first kappa shape index (κ1) is 10.7. The number of hydrogen-bond acceptors (Lipinski definition) is 1. The zero-order chi connectivity index (χ0) is 10.6. The fourth-order valence-corrected chi connectivity index (χ4v) is 1.54. The minimum absolute atomic E-state index is 0.207. The first-order valence-electron chi connectivity index (χ1n) is 4.87. The normalized spacial score (nSPS) is 14.4. The van der Waals surface area contributed by atoms with Crippen LogP contribution in [-0.2, 0) is 10.2 Å². The second kappa shape index (κ2) is 4.23. The molecule has 14 heavy (non-hydrogen) atoms. The smallest absolute Gasteiger partial charge is 0.146 e. The van der Waals surface area contributed by atoms with Gasteiger partial charge in [0.25, 0.3) is 0 Å². The van der Waals surface area contributed by atoms with Crippen LogP contribution in [0.15, 0.2) is 43.0 Å². The summed E-state index contributed by atoms with van der Waals surface area (Å²) in [6.45, 7) is 7.56. The summed E-state index contributed by atoms with van der Waals surface area (Å²) in [4.78, 5) is 11.8. The van der Waals surface area contributed by atoms with Crippen LogP contribution < -0.4 is 0 Å². The van der Waals surface area contributed by atoms with Gasteiger partial charge in [-0.05, 0) is 12.5 Å². The largest absolute Gasteiger partial charge is 0.298 e. The van der Waals surface area contributed by atoms with Gasteiger partial charge < -0.3 is 0 Å². The van der Waals surface area contributed by atoms with Crippen molar-refractivity contribution in [2.45, 2.75) is 25.7 Å². The Labute approximate surface area is 85.5 Å². The van der Waals surface area contributed by atoms with E-state index in [1.54, 1.807) is 6.08 Å².